The molecule has 1 unspecified atom stereocenters. The van der Waals surface area contributed by atoms with E-state index in [9.17, 15) is 0 Å². The molecular formula is C12H18OS2. The summed E-state index contributed by atoms with van der Waals surface area (Å²) in [6.07, 6.45) is 2.08. The van der Waals surface area contributed by atoms with Crippen LogP contribution in [0.3, 0.4) is 0 Å². The van der Waals surface area contributed by atoms with Crippen LogP contribution in [0.5, 0.6) is 0 Å². The summed E-state index contributed by atoms with van der Waals surface area (Å²) in [6, 6.07) is 10.4. The summed E-state index contributed by atoms with van der Waals surface area (Å²) < 4.78 is 5.87. The Morgan fingerprint density at radius 2 is 1.87 bits per heavy atom. The molecule has 1 nitrogen and oxygen atoms in total. The Labute approximate surface area is 100 Å². The van der Waals surface area contributed by atoms with Gasteiger partial charge in [0.25, 0.3) is 0 Å². The van der Waals surface area contributed by atoms with Crippen molar-refractivity contribution in [3.8, 4) is 0 Å². The Morgan fingerprint density at radius 1 is 1.20 bits per heavy atom. The average Bonchev–Trinajstić information content (AvgIpc) is 2.25. The molecule has 0 aromatic heterocycles. The average molecular weight is 242 g/mol. The Hall–Kier alpha value is -0.120. The number of ether oxygens (including phenoxy) is 1. The van der Waals surface area contributed by atoms with Gasteiger partial charge in [-0.1, -0.05) is 65.8 Å². The molecule has 1 aromatic rings. The SMILES string of the molecule is CSSC(OCC(C)C)c1ccccc1. The molecule has 0 heterocycles. The molecule has 1 rings (SSSR count). The second kappa shape index (κ2) is 7.20. The molecule has 0 aliphatic rings. The topological polar surface area (TPSA) is 9.23 Å². The number of rotatable bonds is 6. The van der Waals surface area contributed by atoms with E-state index in [1.165, 1.54) is 5.56 Å². The molecule has 0 saturated heterocycles. The van der Waals surface area contributed by atoms with E-state index in [4.69, 9.17) is 4.74 Å². The lowest BCUT2D eigenvalue weighted by atomic mass is 10.2. The van der Waals surface area contributed by atoms with Gasteiger partial charge in [0.1, 0.15) is 5.44 Å². The fraction of sp³-hybridized carbons (Fsp3) is 0.500. The molecule has 15 heavy (non-hydrogen) atoms. The van der Waals surface area contributed by atoms with E-state index in [0.29, 0.717) is 5.92 Å². The summed E-state index contributed by atoms with van der Waals surface area (Å²) in [5.41, 5.74) is 1.40. The monoisotopic (exact) mass is 242 g/mol. The van der Waals surface area contributed by atoms with Gasteiger partial charge in [0.2, 0.25) is 0 Å². The van der Waals surface area contributed by atoms with Gasteiger partial charge in [0.15, 0.2) is 0 Å². The van der Waals surface area contributed by atoms with Crippen LogP contribution in [-0.4, -0.2) is 12.9 Å². The highest BCUT2D eigenvalue weighted by molar-refractivity contribution is 8.76. The van der Waals surface area contributed by atoms with Crippen molar-refractivity contribution < 1.29 is 4.74 Å². The van der Waals surface area contributed by atoms with E-state index in [1.807, 2.05) is 6.07 Å². The third-order valence-corrected chi connectivity index (χ3v) is 3.71. The minimum atomic E-state index is 0.156. The van der Waals surface area contributed by atoms with Crippen molar-refractivity contribution in [3.63, 3.8) is 0 Å². The van der Waals surface area contributed by atoms with Crippen LogP contribution in [-0.2, 0) is 4.74 Å². The first-order valence-corrected chi connectivity index (χ1v) is 7.72. The van der Waals surface area contributed by atoms with Gasteiger partial charge in [0, 0.05) is 0 Å². The van der Waals surface area contributed by atoms with E-state index in [1.54, 1.807) is 21.6 Å². The molecule has 0 radical (unpaired) electrons. The van der Waals surface area contributed by atoms with Crippen LogP contribution in [0.15, 0.2) is 30.3 Å². The van der Waals surface area contributed by atoms with E-state index in [0.717, 1.165) is 6.61 Å². The summed E-state index contributed by atoms with van der Waals surface area (Å²) in [5, 5.41) is 0. The summed E-state index contributed by atoms with van der Waals surface area (Å²) >= 11 is 0. The highest BCUT2D eigenvalue weighted by Crippen LogP contribution is 2.37. The van der Waals surface area contributed by atoms with Crippen LogP contribution >= 0.6 is 21.6 Å². The lowest BCUT2D eigenvalue weighted by Crippen LogP contribution is -2.05. The molecule has 0 aliphatic heterocycles. The first-order chi connectivity index (χ1) is 7.24. The molecular weight excluding hydrogens is 224 g/mol. The molecule has 0 fully saturated rings. The van der Waals surface area contributed by atoms with Crippen molar-refractivity contribution in [1.29, 1.82) is 0 Å². The highest BCUT2D eigenvalue weighted by atomic mass is 33.1. The second-order valence-corrected chi connectivity index (χ2v) is 6.26. The van der Waals surface area contributed by atoms with E-state index >= 15 is 0 Å². The van der Waals surface area contributed by atoms with Crippen molar-refractivity contribution in [1.82, 2.24) is 0 Å². The molecule has 0 aliphatic carbocycles. The largest absolute Gasteiger partial charge is 0.362 e. The maximum absolute atomic E-state index is 5.87. The third-order valence-electron chi connectivity index (χ3n) is 1.84. The number of hydrogen-bond donors (Lipinski definition) is 0. The van der Waals surface area contributed by atoms with Gasteiger partial charge in [-0.15, -0.1) is 0 Å². The smallest absolute Gasteiger partial charge is 0.138 e. The van der Waals surface area contributed by atoms with Crippen LogP contribution in [0, 0.1) is 5.92 Å². The number of hydrogen-bond acceptors (Lipinski definition) is 3. The zero-order valence-electron chi connectivity index (χ0n) is 9.47. The predicted molar refractivity (Wildman–Crippen MR) is 71.1 cm³/mol. The van der Waals surface area contributed by atoms with Crippen LogP contribution in [0.4, 0.5) is 0 Å². The fourth-order valence-electron chi connectivity index (χ4n) is 1.16. The van der Waals surface area contributed by atoms with E-state index in [2.05, 4.69) is 44.4 Å². The van der Waals surface area contributed by atoms with Crippen LogP contribution in [0.2, 0.25) is 0 Å². The quantitative estimate of drug-likeness (QED) is 0.541. The first-order valence-electron chi connectivity index (χ1n) is 5.10. The summed E-state index contributed by atoms with van der Waals surface area (Å²) in [5.74, 6) is 0.582. The van der Waals surface area contributed by atoms with Gasteiger partial charge in [-0.25, -0.2) is 0 Å². The van der Waals surface area contributed by atoms with Gasteiger partial charge in [-0.3, -0.25) is 0 Å². The Morgan fingerprint density at radius 3 is 2.40 bits per heavy atom. The van der Waals surface area contributed by atoms with Crippen molar-refractivity contribution in [3.05, 3.63) is 35.9 Å². The highest BCUT2D eigenvalue weighted by Gasteiger charge is 2.12. The van der Waals surface area contributed by atoms with Gasteiger partial charge in [-0.2, -0.15) is 0 Å². The Kier molecular flexibility index (Phi) is 6.22. The van der Waals surface area contributed by atoms with E-state index in [-0.39, 0.29) is 5.44 Å². The van der Waals surface area contributed by atoms with Crippen molar-refractivity contribution in [2.24, 2.45) is 5.92 Å². The minimum absolute atomic E-state index is 0.156. The lowest BCUT2D eigenvalue weighted by Gasteiger charge is -2.17. The molecule has 1 atom stereocenters. The van der Waals surface area contributed by atoms with Crippen molar-refractivity contribution >= 4 is 21.6 Å². The van der Waals surface area contributed by atoms with E-state index < -0.39 is 0 Å². The van der Waals surface area contributed by atoms with Gasteiger partial charge in [-0.05, 0) is 17.7 Å². The zero-order chi connectivity index (χ0) is 11.1. The maximum Gasteiger partial charge on any atom is 0.138 e. The maximum atomic E-state index is 5.87. The van der Waals surface area contributed by atoms with Crippen molar-refractivity contribution in [2.75, 3.05) is 12.9 Å². The van der Waals surface area contributed by atoms with Crippen LogP contribution in [0.25, 0.3) is 0 Å². The summed E-state index contributed by atoms with van der Waals surface area (Å²) in [7, 11) is 3.51. The van der Waals surface area contributed by atoms with Gasteiger partial charge >= 0.3 is 0 Å². The van der Waals surface area contributed by atoms with Crippen LogP contribution in [0.1, 0.15) is 24.8 Å². The summed E-state index contributed by atoms with van der Waals surface area (Å²) in [6.45, 7) is 5.16. The zero-order valence-corrected chi connectivity index (χ0v) is 11.1. The molecule has 0 bridgehead atoms. The molecule has 0 saturated carbocycles. The fourth-order valence-corrected chi connectivity index (χ4v) is 2.76. The second-order valence-electron chi connectivity index (χ2n) is 3.73. The standard InChI is InChI=1S/C12H18OS2/c1-10(2)9-13-12(15-14-3)11-7-5-4-6-8-11/h4-8,10,12H,9H2,1-3H3. The first kappa shape index (κ1) is 12.9. The normalized spacial score (nSPS) is 13.1. The van der Waals surface area contributed by atoms with Crippen LogP contribution < -0.4 is 0 Å². The number of benzene rings is 1. The lowest BCUT2D eigenvalue weighted by molar-refractivity contribution is 0.0911. The minimum Gasteiger partial charge on any atom is -0.362 e. The van der Waals surface area contributed by atoms with Gasteiger partial charge in [0.05, 0.1) is 6.61 Å². The Bertz CT molecular complexity index is 262. The summed E-state index contributed by atoms with van der Waals surface area (Å²) in [4.78, 5) is 0. The molecule has 84 valence electrons. The molecule has 0 amide bonds. The van der Waals surface area contributed by atoms with Gasteiger partial charge < -0.3 is 4.74 Å². The molecule has 1 aromatic carbocycles. The third kappa shape index (κ3) is 4.96. The molecule has 0 spiro atoms. The van der Waals surface area contributed by atoms with Crippen molar-refractivity contribution in [2.45, 2.75) is 19.3 Å². The predicted octanol–water partition coefficient (Wildman–Crippen LogP) is 4.37. The molecule has 3 heteroatoms. The molecule has 0 N–H and O–H groups in total. The Balaban J connectivity index is 2.57.